The highest BCUT2D eigenvalue weighted by Crippen LogP contribution is 2.37. The number of benzene rings is 2. The largest absolute Gasteiger partial charge is 0.523 e. The van der Waals surface area contributed by atoms with Crippen molar-refractivity contribution in [3.05, 3.63) is 78.7 Å². The lowest BCUT2D eigenvalue weighted by molar-refractivity contribution is 0.419. The van der Waals surface area contributed by atoms with Crippen LogP contribution in [-0.2, 0) is 4.43 Å². The molecule has 0 unspecified atom stereocenters. The Morgan fingerprint density at radius 3 is 1.70 bits per heavy atom. The summed E-state index contributed by atoms with van der Waals surface area (Å²) < 4.78 is 6.52. The van der Waals surface area contributed by atoms with E-state index < -0.39 is 8.32 Å². The summed E-state index contributed by atoms with van der Waals surface area (Å²) >= 11 is 0. The molecular weight excluding hydrogens is 296 g/mol. The molecule has 0 N–H and O–H groups in total. The van der Waals surface area contributed by atoms with Gasteiger partial charge in [0, 0.05) is 0 Å². The van der Waals surface area contributed by atoms with Gasteiger partial charge in [-0.3, -0.25) is 0 Å². The second-order valence-corrected chi connectivity index (χ2v) is 10.6. The molecular formula is C21H22OSi. The fourth-order valence-corrected chi connectivity index (χ4v) is 7.29. The van der Waals surface area contributed by atoms with Gasteiger partial charge in [0.1, 0.15) is 0 Å². The Morgan fingerprint density at radius 2 is 1.39 bits per heavy atom. The van der Waals surface area contributed by atoms with Gasteiger partial charge >= 0.3 is 8.32 Å². The minimum atomic E-state index is -2.64. The Morgan fingerprint density at radius 1 is 0.957 bits per heavy atom. The molecule has 2 rings (SSSR count). The minimum Gasteiger partial charge on any atom is -0.523 e. The average molecular weight is 318 g/mol. The Hall–Kier alpha value is -2.46. The zero-order valence-electron chi connectivity index (χ0n) is 14.0. The van der Waals surface area contributed by atoms with E-state index in [2.05, 4.69) is 63.3 Å². The number of hydrogen-bond donors (Lipinski definition) is 0. The molecule has 0 atom stereocenters. The zero-order valence-corrected chi connectivity index (χ0v) is 15.0. The van der Waals surface area contributed by atoms with Crippen molar-refractivity contribution in [2.75, 3.05) is 0 Å². The van der Waals surface area contributed by atoms with Gasteiger partial charge in [-0.25, -0.2) is 0 Å². The lowest BCUT2D eigenvalue weighted by Crippen LogP contribution is -2.66. The molecule has 0 saturated carbocycles. The maximum atomic E-state index is 6.52. The van der Waals surface area contributed by atoms with Crippen LogP contribution in [0.25, 0.3) is 0 Å². The van der Waals surface area contributed by atoms with E-state index in [1.54, 1.807) is 0 Å². The van der Waals surface area contributed by atoms with Crippen LogP contribution in [-0.4, -0.2) is 8.32 Å². The number of allylic oxidation sites excluding steroid dienone is 1. The summed E-state index contributed by atoms with van der Waals surface area (Å²) in [6.45, 7) is 10.3. The van der Waals surface area contributed by atoms with Crippen LogP contribution in [0.3, 0.4) is 0 Å². The van der Waals surface area contributed by atoms with Crippen LogP contribution >= 0.6 is 0 Å². The van der Waals surface area contributed by atoms with E-state index in [4.69, 9.17) is 10.8 Å². The van der Waals surface area contributed by atoms with Crippen LogP contribution in [0.4, 0.5) is 0 Å². The van der Waals surface area contributed by atoms with E-state index in [1.165, 1.54) is 10.4 Å². The molecule has 0 aliphatic heterocycles. The summed E-state index contributed by atoms with van der Waals surface area (Å²) in [6.07, 6.45) is 5.60. The first-order chi connectivity index (χ1) is 11.0. The number of hydrogen-bond acceptors (Lipinski definition) is 1. The van der Waals surface area contributed by atoms with Crippen LogP contribution in [0.2, 0.25) is 5.04 Å². The second kappa shape index (κ2) is 6.75. The molecule has 0 aromatic heterocycles. The topological polar surface area (TPSA) is 9.23 Å². The van der Waals surface area contributed by atoms with Gasteiger partial charge in [-0.1, -0.05) is 93.7 Å². The fraction of sp³-hybridized carbons (Fsp3) is 0.190. The molecule has 0 spiro atoms. The highest BCUT2D eigenvalue weighted by atomic mass is 28.4. The third-order valence-corrected chi connectivity index (χ3v) is 8.88. The van der Waals surface area contributed by atoms with Gasteiger partial charge < -0.3 is 4.43 Å². The molecule has 0 fully saturated rings. The summed E-state index contributed by atoms with van der Waals surface area (Å²) in [5.41, 5.74) is 2.76. The van der Waals surface area contributed by atoms with Gasteiger partial charge in [-0.2, -0.15) is 0 Å². The van der Waals surface area contributed by atoms with Gasteiger partial charge in [0.2, 0.25) is 5.76 Å². The van der Waals surface area contributed by atoms with Crippen molar-refractivity contribution in [2.45, 2.75) is 25.8 Å². The minimum absolute atomic E-state index is 0.116. The molecule has 116 valence electrons. The molecule has 0 heterocycles. The predicted molar refractivity (Wildman–Crippen MR) is 100 cm³/mol. The third-order valence-electron chi connectivity index (χ3n) is 3.96. The van der Waals surface area contributed by atoms with E-state index in [0.29, 0.717) is 5.76 Å². The Balaban J connectivity index is 2.80. The number of terminal acetylenes is 1. The first kappa shape index (κ1) is 16.9. The smallest absolute Gasteiger partial charge is 0.321 e. The molecule has 2 heteroatoms. The fourth-order valence-electron chi connectivity index (χ4n) is 2.92. The zero-order chi connectivity index (χ0) is 16.9. The van der Waals surface area contributed by atoms with Crippen molar-refractivity contribution in [2.24, 2.45) is 0 Å². The van der Waals surface area contributed by atoms with E-state index in [0.717, 1.165) is 0 Å². The summed E-state index contributed by atoms with van der Waals surface area (Å²) in [5.74, 6) is 2.95. The van der Waals surface area contributed by atoms with Crippen molar-refractivity contribution in [3.63, 3.8) is 0 Å². The lowest BCUT2D eigenvalue weighted by atomic mass is 10.2. The van der Waals surface area contributed by atoms with Gasteiger partial charge in [-0.15, -0.1) is 6.42 Å². The van der Waals surface area contributed by atoms with Gasteiger partial charge in [0.05, 0.1) is 0 Å². The van der Waals surface area contributed by atoms with Crippen LogP contribution < -0.4 is 10.4 Å². The number of rotatable bonds is 4. The summed E-state index contributed by atoms with van der Waals surface area (Å²) in [5, 5.41) is 2.25. The highest BCUT2D eigenvalue weighted by molar-refractivity contribution is 6.99. The van der Waals surface area contributed by atoms with Crippen molar-refractivity contribution >= 4 is 18.7 Å². The van der Waals surface area contributed by atoms with Gasteiger partial charge in [0.25, 0.3) is 0 Å². The van der Waals surface area contributed by atoms with Crippen LogP contribution in [0.5, 0.6) is 0 Å². The standard InChI is InChI=1S/C21H22OSi/c1-6-18(7-2)22-23(21(3,4)5,19-14-10-8-11-15-19)20-16-12-9-13-17-20/h1,8-17H,2H2,3-5H3. The van der Waals surface area contributed by atoms with Crippen molar-refractivity contribution in [1.29, 1.82) is 0 Å². The maximum Gasteiger partial charge on any atom is 0.321 e. The maximum absolute atomic E-state index is 6.52. The molecule has 2 aromatic carbocycles. The Kier molecular flexibility index (Phi) is 4.96. The molecule has 0 radical (unpaired) electrons. The Bertz CT molecular complexity index is 702. The molecule has 0 aliphatic carbocycles. The van der Waals surface area contributed by atoms with E-state index >= 15 is 0 Å². The van der Waals surface area contributed by atoms with Gasteiger partial charge in [-0.05, 0) is 21.3 Å². The second-order valence-electron chi connectivity index (χ2n) is 6.42. The molecule has 0 bridgehead atoms. The van der Waals surface area contributed by atoms with E-state index in [1.807, 2.05) is 36.4 Å². The molecule has 0 amide bonds. The summed E-state index contributed by atoms with van der Waals surface area (Å²) in [6, 6.07) is 20.7. The monoisotopic (exact) mass is 318 g/mol. The lowest BCUT2D eigenvalue weighted by Gasteiger charge is -2.42. The van der Waals surface area contributed by atoms with Crippen molar-refractivity contribution < 1.29 is 4.43 Å². The quantitative estimate of drug-likeness (QED) is 0.360. The SMILES string of the molecule is C#CC(=C=C)O[Si](c1ccccc1)(c1ccccc1)C(C)(C)C. The van der Waals surface area contributed by atoms with Crippen molar-refractivity contribution in [1.82, 2.24) is 0 Å². The normalized spacial score (nSPS) is 11.2. The van der Waals surface area contributed by atoms with Crippen LogP contribution in [0, 0.1) is 12.3 Å². The first-order valence-electron chi connectivity index (χ1n) is 7.62. The molecule has 23 heavy (non-hydrogen) atoms. The van der Waals surface area contributed by atoms with Crippen molar-refractivity contribution in [3.8, 4) is 12.3 Å². The first-order valence-corrected chi connectivity index (χ1v) is 9.53. The third kappa shape index (κ3) is 3.17. The summed E-state index contributed by atoms with van der Waals surface area (Å²) in [7, 11) is -2.64. The summed E-state index contributed by atoms with van der Waals surface area (Å²) in [4.78, 5) is 0. The van der Waals surface area contributed by atoms with Crippen LogP contribution in [0.15, 0.2) is 78.7 Å². The molecule has 2 aromatic rings. The molecule has 0 aliphatic rings. The van der Waals surface area contributed by atoms with Crippen LogP contribution in [0.1, 0.15) is 20.8 Å². The highest BCUT2D eigenvalue weighted by Gasteiger charge is 2.52. The molecule has 0 saturated heterocycles. The predicted octanol–water partition coefficient (Wildman–Crippen LogP) is 3.87. The average Bonchev–Trinajstić information content (AvgIpc) is 2.57. The molecule has 1 nitrogen and oxygen atoms in total. The Labute approximate surface area is 140 Å². The van der Waals surface area contributed by atoms with E-state index in [9.17, 15) is 0 Å². The van der Waals surface area contributed by atoms with E-state index in [-0.39, 0.29) is 5.04 Å². The van der Waals surface area contributed by atoms with Gasteiger partial charge in [0.15, 0.2) is 0 Å².